The number of hydrogen-bond acceptors (Lipinski definition) is 0. The van der Waals surface area contributed by atoms with Crippen LogP contribution in [0.4, 0.5) is 0 Å². The topological polar surface area (TPSA) is 0 Å². The van der Waals surface area contributed by atoms with Crippen LogP contribution in [-0.4, -0.2) is 0 Å². The van der Waals surface area contributed by atoms with E-state index in [1.807, 2.05) is 53.7 Å². The Hall–Kier alpha value is -0.960. The summed E-state index contributed by atoms with van der Waals surface area (Å²) in [5.74, 6) is 1.61. The summed E-state index contributed by atoms with van der Waals surface area (Å²) in [4.78, 5) is 0. The molecule has 0 amide bonds. The minimum Gasteiger partial charge on any atom is -0.0700 e. The quantitative estimate of drug-likeness (QED) is 0.545. The second kappa shape index (κ2) is 20.4. The molecule has 118 valence electrons. The van der Waals surface area contributed by atoms with E-state index in [0.717, 1.165) is 18.3 Å². The molecule has 0 N–H and O–H groups in total. The predicted octanol–water partition coefficient (Wildman–Crippen LogP) is 6.98. The molecule has 0 heterocycles. The lowest BCUT2D eigenvalue weighted by Crippen LogP contribution is -2.05. The van der Waals surface area contributed by atoms with Crippen molar-refractivity contribution in [3.8, 4) is 0 Å². The summed E-state index contributed by atoms with van der Waals surface area (Å²) in [5.41, 5.74) is 1.29. The highest BCUT2D eigenvalue weighted by atomic mass is 14.1. The van der Waals surface area contributed by atoms with Crippen LogP contribution in [-0.2, 0) is 6.42 Å². The van der Waals surface area contributed by atoms with Gasteiger partial charge in [0.05, 0.1) is 0 Å². The third-order valence-electron chi connectivity index (χ3n) is 2.78. The van der Waals surface area contributed by atoms with Gasteiger partial charge in [0, 0.05) is 5.56 Å². The Morgan fingerprint density at radius 2 is 1.50 bits per heavy atom. The van der Waals surface area contributed by atoms with Crippen molar-refractivity contribution >= 4 is 0 Å². The smallest absolute Gasteiger partial charge is 0.00267 e. The molecule has 0 bridgehead atoms. The average Bonchev–Trinajstić information content (AvgIpc) is 2.54. The Kier molecular flexibility index (Phi) is 24.5. The molecule has 0 aliphatic heterocycles. The highest BCUT2D eigenvalue weighted by Gasteiger charge is 2.07. The molecule has 0 aliphatic carbocycles. The first kappa shape index (κ1) is 24.1. The Bertz CT molecular complexity index is 237. The van der Waals surface area contributed by atoms with Gasteiger partial charge in [0.2, 0.25) is 0 Å². The largest absolute Gasteiger partial charge is 0.0700 e. The molecule has 0 heteroatoms. The van der Waals surface area contributed by atoms with Gasteiger partial charge in [-0.2, -0.15) is 0 Å². The first-order valence-corrected chi connectivity index (χ1v) is 8.59. The van der Waals surface area contributed by atoms with Gasteiger partial charge in [-0.25, -0.2) is 0 Å². The fourth-order valence-corrected chi connectivity index (χ4v) is 1.82. The van der Waals surface area contributed by atoms with E-state index in [4.69, 9.17) is 0 Å². The summed E-state index contributed by atoms with van der Waals surface area (Å²) in [6, 6.07) is 12.3. The molecule has 0 spiro atoms. The highest BCUT2D eigenvalue weighted by Crippen LogP contribution is 2.17. The normalized spacial score (nSPS) is 11.1. The number of hydrogen-bond donors (Lipinski definition) is 0. The first-order valence-electron chi connectivity index (χ1n) is 8.59. The van der Waals surface area contributed by atoms with Crippen molar-refractivity contribution in [1.82, 2.24) is 0 Å². The van der Waals surface area contributed by atoms with Crippen LogP contribution < -0.4 is 0 Å². The van der Waals surface area contributed by atoms with Crippen molar-refractivity contribution in [2.75, 3.05) is 0 Å². The Labute approximate surface area is 130 Å². The van der Waals surface area contributed by atoms with E-state index in [-0.39, 0.29) is 0 Å². The molecule has 0 aliphatic rings. The van der Waals surface area contributed by atoms with Gasteiger partial charge < -0.3 is 0 Å². The number of rotatable bonds is 5. The van der Waals surface area contributed by atoms with Crippen LogP contribution in [0, 0.1) is 24.0 Å². The molecule has 0 saturated carbocycles. The molecule has 20 heavy (non-hydrogen) atoms. The van der Waals surface area contributed by atoms with Gasteiger partial charge in [-0.1, -0.05) is 86.9 Å². The van der Waals surface area contributed by atoms with Crippen LogP contribution in [0.5, 0.6) is 0 Å². The van der Waals surface area contributed by atoms with Crippen LogP contribution in [0.1, 0.15) is 80.7 Å². The molecule has 2 unspecified atom stereocenters. The fraction of sp³-hybridized carbons (Fsp3) is 0.700. The predicted molar refractivity (Wildman–Crippen MR) is 95.1 cm³/mol. The molecule has 1 aromatic rings. The van der Waals surface area contributed by atoms with Crippen molar-refractivity contribution in [1.29, 1.82) is 0 Å². The van der Waals surface area contributed by atoms with Crippen LogP contribution in [0.2, 0.25) is 0 Å². The Morgan fingerprint density at radius 3 is 1.90 bits per heavy atom. The van der Waals surface area contributed by atoms with Crippen molar-refractivity contribution in [2.24, 2.45) is 11.8 Å². The molecule has 0 fully saturated rings. The summed E-state index contributed by atoms with van der Waals surface area (Å²) in [6.45, 7) is 18.9. The van der Waals surface area contributed by atoms with Crippen LogP contribution in [0.15, 0.2) is 18.2 Å². The lowest BCUT2D eigenvalue weighted by Gasteiger charge is -2.14. The second-order valence-corrected chi connectivity index (χ2v) is 4.38. The van der Waals surface area contributed by atoms with E-state index in [1.165, 1.54) is 18.4 Å². The summed E-state index contributed by atoms with van der Waals surface area (Å²) in [7, 11) is 0. The molecule has 1 rings (SSSR count). The molecular formula is C20H38. The van der Waals surface area contributed by atoms with Gasteiger partial charge in [0.15, 0.2) is 0 Å². The van der Waals surface area contributed by atoms with E-state index < -0.39 is 0 Å². The molecule has 0 nitrogen and oxygen atoms in total. The fourth-order valence-electron chi connectivity index (χ4n) is 1.82. The van der Waals surface area contributed by atoms with E-state index in [1.54, 1.807) is 0 Å². The van der Waals surface area contributed by atoms with Gasteiger partial charge >= 0.3 is 0 Å². The van der Waals surface area contributed by atoms with Crippen LogP contribution >= 0.6 is 0 Å². The standard InChI is InChI=1S/C14H20.3C2H6/c1-4-12(2)10-13(3)11-14-8-6-5-7-9-14;3*1-2/h5-6,8,12-13H,4,10-11H2,1-3H3;3*1-2H3. The summed E-state index contributed by atoms with van der Waals surface area (Å²) < 4.78 is 0. The van der Waals surface area contributed by atoms with Gasteiger partial charge in [0.1, 0.15) is 0 Å². The molecular weight excluding hydrogens is 240 g/mol. The summed E-state index contributed by atoms with van der Waals surface area (Å²) in [6.07, 6.45) is 3.75. The minimum atomic E-state index is 0.761. The maximum atomic E-state index is 3.17. The van der Waals surface area contributed by atoms with Crippen LogP contribution in [0.3, 0.4) is 0 Å². The minimum absolute atomic E-state index is 0.761. The van der Waals surface area contributed by atoms with Gasteiger partial charge in [-0.15, -0.1) is 0 Å². The molecule has 0 saturated heterocycles. The van der Waals surface area contributed by atoms with Gasteiger partial charge in [-0.3, -0.25) is 0 Å². The van der Waals surface area contributed by atoms with E-state index in [2.05, 4.69) is 39.0 Å². The zero-order chi connectivity index (χ0) is 16.4. The summed E-state index contributed by atoms with van der Waals surface area (Å²) in [5, 5.41) is 0. The maximum Gasteiger partial charge on any atom is 0.00267 e. The van der Waals surface area contributed by atoms with Gasteiger partial charge in [0.25, 0.3) is 0 Å². The van der Waals surface area contributed by atoms with Crippen LogP contribution in [0.25, 0.3) is 0 Å². The molecule has 1 aromatic carbocycles. The third kappa shape index (κ3) is 15.1. The first-order chi connectivity index (χ1) is 9.72. The second-order valence-electron chi connectivity index (χ2n) is 4.38. The molecule has 0 radical (unpaired) electrons. The van der Waals surface area contributed by atoms with E-state index in [0.29, 0.717) is 0 Å². The van der Waals surface area contributed by atoms with Gasteiger partial charge in [-0.05, 0) is 36.8 Å². The SMILES string of the molecule is CC.CC.CC.CCC(C)CC(C)Cc1c#cccc1. The van der Waals surface area contributed by atoms with Crippen molar-refractivity contribution in [3.05, 3.63) is 35.9 Å². The van der Waals surface area contributed by atoms with E-state index in [9.17, 15) is 0 Å². The van der Waals surface area contributed by atoms with Crippen molar-refractivity contribution in [3.63, 3.8) is 0 Å². The zero-order valence-corrected chi connectivity index (χ0v) is 15.5. The maximum absolute atomic E-state index is 3.17. The summed E-state index contributed by atoms with van der Waals surface area (Å²) >= 11 is 0. The van der Waals surface area contributed by atoms with E-state index >= 15 is 0 Å². The third-order valence-corrected chi connectivity index (χ3v) is 2.78. The lowest BCUT2D eigenvalue weighted by atomic mass is 9.91. The Morgan fingerprint density at radius 1 is 0.950 bits per heavy atom. The lowest BCUT2D eigenvalue weighted by molar-refractivity contribution is 0.404. The molecule has 2 atom stereocenters. The average molecular weight is 279 g/mol. The Balaban J connectivity index is -0.000000425. The zero-order valence-electron chi connectivity index (χ0n) is 15.5. The highest BCUT2D eigenvalue weighted by molar-refractivity contribution is 5.08. The van der Waals surface area contributed by atoms with Crippen molar-refractivity contribution < 1.29 is 0 Å². The monoisotopic (exact) mass is 278 g/mol. The molecule has 0 aromatic heterocycles. The van der Waals surface area contributed by atoms with Crippen molar-refractivity contribution in [2.45, 2.75) is 81.6 Å².